The molecule has 7 heteroatoms. The normalized spacial score (nSPS) is 17.0. The molecule has 0 saturated carbocycles. The zero-order chi connectivity index (χ0) is 26.7. The van der Waals surface area contributed by atoms with Gasteiger partial charge in [-0.1, -0.05) is 49.7 Å². The van der Waals surface area contributed by atoms with E-state index in [9.17, 15) is 19.8 Å². The van der Waals surface area contributed by atoms with E-state index in [4.69, 9.17) is 16.3 Å². The van der Waals surface area contributed by atoms with E-state index in [2.05, 4.69) is 13.8 Å². The van der Waals surface area contributed by atoms with Gasteiger partial charge in [-0.25, -0.2) is 0 Å². The quantitative estimate of drug-likeness (QED) is 0.215. The maximum atomic E-state index is 13.3. The summed E-state index contributed by atoms with van der Waals surface area (Å²) in [7, 11) is 0. The minimum absolute atomic E-state index is 0.0158. The van der Waals surface area contributed by atoms with Crippen molar-refractivity contribution in [3.8, 4) is 11.5 Å². The number of aliphatic hydroxyl groups excluding tert-OH is 1. The lowest BCUT2D eigenvalue weighted by Gasteiger charge is -2.25. The first kappa shape index (κ1) is 26.3. The van der Waals surface area contributed by atoms with Crippen molar-refractivity contribution in [1.82, 2.24) is 4.90 Å². The van der Waals surface area contributed by atoms with Gasteiger partial charge in [-0.05, 0) is 78.4 Å². The van der Waals surface area contributed by atoms with Gasteiger partial charge in [-0.15, -0.1) is 0 Å². The summed E-state index contributed by atoms with van der Waals surface area (Å²) in [5.41, 5.74) is 2.82. The number of aromatic hydroxyl groups is 1. The van der Waals surface area contributed by atoms with E-state index in [1.54, 1.807) is 42.5 Å². The Morgan fingerprint density at radius 1 is 1.03 bits per heavy atom. The standard InChI is InChI=1S/C30H30ClNO5/c1-18(2)17-37-25-13-8-22(16-19(25)3)28(34)26-27(21-6-11-24(33)12-7-21)32(30(36)29(26)35)15-14-20-4-9-23(31)10-5-20/h4-13,16,18,27,33-34H,14-15,17H2,1-3H3/b28-26-. The van der Waals surface area contributed by atoms with Crippen molar-refractivity contribution < 1.29 is 24.5 Å². The Morgan fingerprint density at radius 2 is 1.70 bits per heavy atom. The van der Waals surface area contributed by atoms with Crippen LogP contribution in [0.5, 0.6) is 11.5 Å². The predicted octanol–water partition coefficient (Wildman–Crippen LogP) is 6.05. The average molecular weight is 520 g/mol. The second-order valence-corrected chi connectivity index (χ2v) is 10.1. The van der Waals surface area contributed by atoms with E-state index in [-0.39, 0.29) is 23.6 Å². The molecule has 0 spiro atoms. The van der Waals surface area contributed by atoms with E-state index < -0.39 is 17.7 Å². The summed E-state index contributed by atoms with van der Waals surface area (Å²) >= 11 is 5.99. The van der Waals surface area contributed by atoms with Gasteiger partial charge in [-0.3, -0.25) is 9.59 Å². The number of hydrogen-bond donors (Lipinski definition) is 2. The highest BCUT2D eigenvalue weighted by Crippen LogP contribution is 2.40. The van der Waals surface area contributed by atoms with Gasteiger partial charge < -0.3 is 19.8 Å². The van der Waals surface area contributed by atoms with E-state index in [1.807, 2.05) is 19.1 Å². The van der Waals surface area contributed by atoms with Crippen LogP contribution in [0.4, 0.5) is 0 Å². The Kier molecular flexibility index (Phi) is 7.89. The first-order valence-corrected chi connectivity index (χ1v) is 12.6. The molecule has 0 aliphatic carbocycles. The highest BCUT2D eigenvalue weighted by atomic mass is 35.5. The van der Waals surface area contributed by atoms with Crippen molar-refractivity contribution in [2.24, 2.45) is 5.92 Å². The van der Waals surface area contributed by atoms with Crippen LogP contribution in [0.25, 0.3) is 5.76 Å². The van der Waals surface area contributed by atoms with Gasteiger partial charge in [-0.2, -0.15) is 0 Å². The zero-order valence-electron chi connectivity index (χ0n) is 21.1. The number of phenolic OH excluding ortho intramolecular Hbond substituents is 1. The molecule has 192 valence electrons. The van der Waals surface area contributed by atoms with Crippen LogP contribution in [-0.4, -0.2) is 40.0 Å². The van der Waals surface area contributed by atoms with Crippen LogP contribution < -0.4 is 4.74 Å². The van der Waals surface area contributed by atoms with Crippen LogP contribution in [0.15, 0.2) is 72.3 Å². The molecule has 0 radical (unpaired) electrons. The van der Waals surface area contributed by atoms with Gasteiger partial charge in [0, 0.05) is 17.1 Å². The number of benzene rings is 3. The number of ketones is 1. The van der Waals surface area contributed by atoms with Crippen molar-refractivity contribution in [3.63, 3.8) is 0 Å². The molecular weight excluding hydrogens is 490 g/mol. The molecule has 4 rings (SSSR count). The van der Waals surface area contributed by atoms with Gasteiger partial charge in [0.2, 0.25) is 0 Å². The molecule has 1 aliphatic rings. The number of aliphatic hydroxyl groups is 1. The number of ether oxygens (including phenoxy) is 1. The van der Waals surface area contributed by atoms with Crippen LogP contribution in [0.1, 0.15) is 42.1 Å². The molecule has 0 aromatic heterocycles. The molecule has 1 saturated heterocycles. The second kappa shape index (κ2) is 11.1. The Morgan fingerprint density at radius 3 is 2.32 bits per heavy atom. The van der Waals surface area contributed by atoms with Crippen LogP contribution >= 0.6 is 11.6 Å². The molecule has 1 heterocycles. The van der Waals surface area contributed by atoms with Crippen LogP contribution in [-0.2, 0) is 16.0 Å². The SMILES string of the molecule is Cc1cc(/C(O)=C2/C(=O)C(=O)N(CCc3ccc(Cl)cc3)C2c2ccc(O)cc2)ccc1OCC(C)C. The largest absolute Gasteiger partial charge is 0.508 e. The third kappa shape index (κ3) is 5.81. The number of carbonyl (C=O) groups is 2. The molecule has 1 fully saturated rings. The van der Waals surface area contributed by atoms with Crippen molar-refractivity contribution in [2.45, 2.75) is 33.2 Å². The number of phenols is 1. The minimum atomic E-state index is -0.801. The van der Waals surface area contributed by atoms with E-state index >= 15 is 0 Å². The molecule has 3 aromatic carbocycles. The van der Waals surface area contributed by atoms with Crippen molar-refractivity contribution in [2.75, 3.05) is 13.2 Å². The Labute approximate surface area is 221 Å². The van der Waals surface area contributed by atoms with Gasteiger partial charge in [0.25, 0.3) is 11.7 Å². The number of nitrogens with zero attached hydrogens (tertiary/aromatic N) is 1. The molecule has 37 heavy (non-hydrogen) atoms. The summed E-state index contributed by atoms with van der Waals surface area (Å²) in [6, 6.07) is 18.0. The number of amides is 1. The third-order valence-electron chi connectivity index (χ3n) is 6.32. The van der Waals surface area contributed by atoms with Crippen molar-refractivity contribution in [3.05, 3.63) is 99.6 Å². The molecule has 3 aromatic rings. The van der Waals surface area contributed by atoms with Gasteiger partial charge in [0.15, 0.2) is 0 Å². The fourth-order valence-electron chi connectivity index (χ4n) is 4.39. The molecule has 1 aliphatic heterocycles. The molecule has 1 amide bonds. The lowest BCUT2D eigenvalue weighted by atomic mass is 9.94. The Bertz CT molecular complexity index is 1330. The van der Waals surface area contributed by atoms with E-state index in [1.165, 1.54) is 17.0 Å². The third-order valence-corrected chi connectivity index (χ3v) is 6.58. The van der Waals surface area contributed by atoms with Gasteiger partial charge in [0.1, 0.15) is 17.3 Å². The Balaban J connectivity index is 1.72. The maximum absolute atomic E-state index is 13.3. The summed E-state index contributed by atoms with van der Waals surface area (Å²) in [4.78, 5) is 27.9. The molecule has 2 N–H and O–H groups in total. The number of Topliss-reactive ketones (excluding diaryl/α,β-unsaturated/α-hetero) is 1. The van der Waals surface area contributed by atoms with E-state index in [0.717, 1.165) is 11.1 Å². The Hall–Kier alpha value is -3.77. The average Bonchev–Trinajstić information content (AvgIpc) is 3.12. The lowest BCUT2D eigenvalue weighted by Crippen LogP contribution is -2.31. The number of carbonyl (C=O) groups excluding carboxylic acids is 2. The number of halogens is 1. The number of hydrogen-bond acceptors (Lipinski definition) is 5. The first-order valence-electron chi connectivity index (χ1n) is 12.2. The summed E-state index contributed by atoms with van der Waals surface area (Å²) in [6.45, 7) is 6.81. The second-order valence-electron chi connectivity index (χ2n) is 9.65. The zero-order valence-corrected chi connectivity index (χ0v) is 21.8. The topological polar surface area (TPSA) is 87.1 Å². The maximum Gasteiger partial charge on any atom is 0.295 e. The van der Waals surface area contributed by atoms with Crippen molar-refractivity contribution in [1.29, 1.82) is 0 Å². The number of rotatable bonds is 8. The molecule has 1 atom stereocenters. The van der Waals surface area contributed by atoms with Crippen LogP contribution in [0, 0.1) is 12.8 Å². The summed E-state index contributed by atoms with van der Waals surface area (Å²) in [5, 5.41) is 21.8. The van der Waals surface area contributed by atoms with E-state index in [0.29, 0.717) is 40.8 Å². The monoisotopic (exact) mass is 519 g/mol. The van der Waals surface area contributed by atoms with Gasteiger partial charge in [0.05, 0.1) is 18.2 Å². The fraction of sp³-hybridized carbons (Fsp3) is 0.267. The summed E-state index contributed by atoms with van der Waals surface area (Å²) in [6.07, 6.45) is 0.500. The number of likely N-dealkylation sites (tertiary alicyclic amines) is 1. The van der Waals surface area contributed by atoms with Crippen molar-refractivity contribution >= 4 is 29.1 Å². The number of aryl methyl sites for hydroxylation is 1. The highest BCUT2D eigenvalue weighted by Gasteiger charge is 2.45. The molecule has 1 unspecified atom stereocenters. The smallest absolute Gasteiger partial charge is 0.295 e. The summed E-state index contributed by atoms with van der Waals surface area (Å²) < 4.78 is 5.84. The predicted molar refractivity (Wildman–Crippen MR) is 144 cm³/mol. The molecular formula is C30H30ClNO5. The summed E-state index contributed by atoms with van der Waals surface area (Å²) in [5.74, 6) is -0.546. The fourth-order valence-corrected chi connectivity index (χ4v) is 4.51. The molecule has 0 bridgehead atoms. The highest BCUT2D eigenvalue weighted by molar-refractivity contribution is 6.46. The lowest BCUT2D eigenvalue weighted by molar-refractivity contribution is -0.139. The molecule has 6 nitrogen and oxygen atoms in total. The van der Waals surface area contributed by atoms with Crippen LogP contribution in [0.2, 0.25) is 5.02 Å². The minimum Gasteiger partial charge on any atom is -0.508 e. The first-order chi connectivity index (χ1) is 17.7. The van der Waals surface area contributed by atoms with Gasteiger partial charge >= 0.3 is 0 Å². The van der Waals surface area contributed by atoms with Crippen LogP contribution in [0.3, 0.4) is 0 Å².